The van der Waals surface area contributed by atoms with Crippen LogP contribution in [0.2, 0.25) is 5.02 Å². The number of nitriles is 1. The van der Waals surface area contributed by atoms with Crippen molar-refractivity contribution in [3.8, 4) is 17.6 Å². The van der Waals surface area contributed by atoms with Gasteiger partial charge in [0.1, 0.15) is 11.5 Å². The van der Waals surface area contributed by atoms with Crippen LogP contribution >= 0.6 is 11.6 Å². The monoisotopic (exact) mass is 378 g/mol. The second-order valence-electron chi connectivity index (χ2n) is 6.63. The van der Waals surface area contributed by atoms with Gasteiger partial charge in [0.25, 0.3) is 0 Å². The smallest absolute Gasteiger partial charge is 0.128 e. The maximum atomic E-state index is 10.9. The Hall–Kier alpha value is -2.87. The van der Waals surface area contributed by atoms with Crippen molar-refractivity contribution < 1.29 is 9.84 Å². The molecule has 0 amide bonds. The molecule has 3 rings (SSSR count). The van der Waals surface area contributed by atoms with Crippen molar-refractivity contribution in [1.82, 2.24) is 4.98 Å². The van der Waals surface area contributed by atoms with Crippen molar-refractivity contribution in [3.63, 3.8) is 0 Å². The number of hydrogen-bond donors (Lipinski definition) is 1. The third-order valence-electron chi connectivity index (χ3n) is 4.30. The summed E-state index contributed by atoms with van der Waals surface area (Å²) in [7, 11) is 0. The molecule has 0 spiro atoms. The molecule has 0 radical (unpaired) electrons. The number of aliphatic hydroxyl groups is 1. The van der Waals surface area contributed by atoms with E-state index in [0.29, 0.717) is 28.5 Å². The van der Waals surface area contributed by atoms with Gasteiger partial charge in [-0.2, -0.15) is 5.26 Å². The van der Waals surface area contributed by atoms with Gasteiger partial charge in [0.05, 0.1) is 17.2 Å². The zero-order chi connectivity index (χ0) is 19.4. The van der Waals surface area contributed by atoms with E-state index in [9.17, 15) is 5.11 Å². The topological polar surface area (TPSA) is 66.1 Å². The normalized spacial score (nSPS) is 12.9. The van der Waals surface area contributed by atoms with E-state index in [4.69, 9.17) is 21.6 Å². The number of benzene rings is 2. The minimum Gasteiger partial charge on any atom is -0.457 e. The molecule has 1 N–H and O–H groups in total. The van der Waals surface area contributed by atoms with Crippen molar-refractivity contribution in [1.29, 1.82) is 5.26 Å². The van der Waals surface area contributed by atoms with E-state index in [1.54, 1.807) is 43.5 Å². The summed E-state index contributed by atoms with van der Waals surface area (Å²) in [6.07, 6.45) is 2.06. The maximum absolute atomic E-state index is 10.9. The molecule has 1 atom stereocenters. The fourth-order valence-electron chi connectivity index (χ4n) is 2.82. The molecule has 0 aliphatic carbocycles. The molecule has 1 unspecified atom stereocenters. The average molecular weight is 379 g/mol. The lowest BCUT2D eigenvalue weighted by Gasteiger charge is -2.25. The molecule has 1 heterocycles. The number of nitrogens with zero attached hydrogens (tertiary/aromatic N) is 2. The van der Waals surface area contributed by atoms with Crippen molar-refractivity contribution in [2.45, 2.75) is 25.9 Å². The first-order chi connectivity index (χ1) is 12.9. The maximum Gasteiger partial charge on any atom is 0.128 e. The third-order valence-corrected chi connectivity index (χ3v) is 4.65. The molecule has 1 aromatic heterocycles. The largest absolute Gasteiger partial charge is 0.457 e. The van der Waals surface area contributed by atoms with Gasteiger partial charge < -0.3 is 9.84 Å². The second kappa shape index (κ2) is 7.79. The summed E-state index contributed by atoms with van der Waals surface area (Å²) in [5, 5.41) is 20.3. The molecule has 0 aliphatic rings. The molecule has 0 saturated carbocycles. The highest BCUT2D eigenvalue weighted by molar-refractivity contribution is 6.31. The Labute approximate surface area is 163 Å². The summed E-state index contributed by atoms with van der Waals surface area (Å²) >= 11 is 6.42. The van der Waals surface area contributed by atoms with Gasteiger partial charge in [0, 0.05) is 23.3 Å². The average Bonchev–Trinajstić information content (AvgIpc) is 2.64. The number of halogens is 1. The Morgan fingerprint density at radius 2 is 1.81 bits per heavy atom. The zero-order valence-corrected chi connectivity index (χ0v) is 15.9. The fourth-order valence-corrected chi connectivity index (χ4v) is 3.06. The molecule has 3 aromatic rings. The van der Waals surface area contributed by atoms with Crippen LogP contribution in [-0.2, 0) is 12.0 Å². The molecule has 0 bridgehead atoms. The first-order valence-corrected chi connectivity index (χ1v) is 8.87. The summed E-state index contributed by atoms with van der Waals surface area (Å²) in [4.78, 5) is 4.17. The highest BCUT2D eigenvalue weighted by Gasteiger charge is 2.25. The first kappa shape index (κ1) is 18.9. The molecule has 0 saturated heterocycles. The standard InChI is InChI=1S/C22H19ClN2O2/c1-15-11-18(9-10-25-15)22(2,26)13-17-5-8-20(12-21(17)23)27-19-6-3-16(14-24)4-7-19/h3-12,26H,13H2,1-2H3. The van der Waals surface area contributed by atoms with Gasteiger partial charge in [-0.3, -0.25) is 4.98 Å². The van der Waals surface area contributed by atoms with E-state index >= 15 is 0 Å². The van der Waals surface area contributed by atoms with E-state index in [0.717, 1.165) is 16.8 Å². The van der Waals surface area contributed by atoms with Crippen LogP contribution in [0.5, 0.6) is 11.5 Å². The number of aromatic nitrogens is 1. The lowest BCUT2D eigenvalue weighted by Crippen LogP contribution is -2.24. The van der Waals surface area contributed by atoms with E-state index in [1.807, 2.05) is 31.2 Å². The van der Waals surface area contributed by atoms with Crippen molar-refractivity contribution in [2.75, 3.05) is 0 Å². The fraction of sp³-hybridized carbons (Fsp3) is 0.182. The highest BCUT2D eigenvalue weighted by atomic mass is 35.5. The summed E-state index contributed by atoms with van der Waals surface area (Å²) in [5.74, 6) is 1.21. The molecular weight excluding hydrogens is 360 g/mol. The van der Waals surface area contributed by atoms with Crippen LogP contribution in [0, 0.1) is 18.3 Å². The summed E-state index contributed by atoms with van der Waals surface area (Å²) in [6.45, 7) is 3.65. The number of aryl methyl sites for hydroxylation is 1. The molecule has 0 aliphatic heterocycles. The summed E-state index contributed by atoms with van der Waals surface area (Å²) in [6, 6.07) is 18.0. The minimum absolute atomic E-state index is 0.367. The van der Waals surface area contributed by atoms with Crippen LogP contribution in [0.1, 0.15) is 29.3 Å². The molecule has 0 fully saturated rings. The Morgan fingerprint density at radius 3 is 2.44 bits per heavy atom. The van der Waals surface area contributed by atoms with E-state index < -0.39 is 5.60 Å². The van der Waals surface area contributed by atoms with Crippen molar-refractivity contribution in [3.05, 3.63) is 88.2 Å². The van der Waals surface area contributed by atoms with E-state index in [2.05, 4.69) is 11.1 Å². The van der Waals surface area contributed by atoms with Gasteiger partial charge >= 0.3 is 0 Å². The van der Waals surface area contributed by atoms with Crippen LogP contribution in [0.3, 0.4) is 0 Å². The third kappa shape index (κ3) is 4.65. The lowest BCUT2D eigenvalue weighted by atomic mass is 9.89. The van der Waals surface area contributed by atoms with Gasteiger partial charge in [0.15, 0.2) is 0 Å². The van der Waals surface area contributed by atoms with E-state index in [1.165, 1.54) is 0 Å². The van der Waals surface area contributed by atoms with Crippen molar-refractivity contribution in [2.24, 2.45) is 0 Å². The Kier molecular flexibility index (Phi) is 5.46. The van der Waals surface area contributed by atoms with Gasteiger partial charge in [-0.25, -0.2) is 0 Å². The molecule has 5 heteroatoms. The zero-order valence-electron chi connectivity index (χ0n) is 15.1. The lowest BCUT2D eigenvalue weighted by molar-refractivity contribution is 0.0574. The molecule has 136 valence electrons. The van der Waals surface area contributed by atoms with Crippen LogP contribution < -0.4 is 4.74 Å². The Balaban J connectivity index is 1.77. The Bertz CT molecular complexity index is 992. The van der Waals surface area contributed by atoms with Gasteiger partial charge in [0.2, 0.25) is 0 Å². The predicted octanol–water partition coefficient (Wildman–Crippen LogP) is 5.16. The van der Waals surface area contributed by atoms with Crippen LogP contribution in [0.15, 0.2) is 60.8 Å². The van der Waals surface area contributed by atoms with Crippen molar-refractivity contribution >= 4 is 11.6 Å². The summed E-state index contributed by atoms with van der Waals surface area (Å²) < 4.78 is 5.78. The number of ether oxygens (including phenoxy) is 1. The Morgan fingerprint density at radius 1 is 1.11 bits per heavy atom. The minimum atomic E-state index is -1.06. The molecule has 2 aromatic carbocycles. The number of rotatable bonds is 5. The molecule has 27 heavy (non-hydrogen) atoms. The van der Waals surface area contributed by atoms with Gasteiger partial charge in [-0.05, 0) is 73.5 Å². The first-order valence-electron chi connectivity index (χ1n) is 8.49. The summed E-state index contributed by atoms with van der Waals surface area (Å²) in [5.41, 5.74) is 1.98. The second-order valence-corrected chi connectivity index (χ2v) is 7.04. The highest BCUT2D eigenvalue weighted by Crippen LogP contribution is 2.32. The van der Waals surface area contributed by atoms with E-state index in [-0.39, 0.29) is 0 Å². The number of hydrogen-bond acceptors (Lipinski definition) is 4. The quantitative estimate of drug-likeness (QED) is 0.666. The molecular formula is C22H19ClN2O2. The van der Waals surface area contributed by atoms with Gasteiger partial charge in [-0.15, -0.1) is 0 Å². The SMILES string of the molecule is Cc1cc(C(C)(O)Cc2ccc(Oc3ccc(C#N)cc3)cc2Cl)ccn1. The van der Waals surface area contributed by atoms with Gasteiger partial charge in [-0.1, -0.05) is 17.7 Å². The van der Waals surface area contributed by atoms with Crippen LogP contribution in [0.25, 0.3) is 0 Å². The van der Waals surface area contributed by atoms with Crippen LogP contribution in [-0.4, -0.2) is 10.1 Å². The predicted molar refractivity (Wildman–Crippen MR) is 105 cm³/mol. The number of pyridine rings is 1. The van der Waals surface area contributed by atoms with Crippen LogP contribution in [0.4, 0.5) is 0 Å². The molecule has 4 nitrogen and oxygen atoms in total.